The lowest BCUT2D eigenvalue weighted by atomic mass is 9.91. The minimum atomic E-state index is -0.719. The van der Waals surface area contributed by atoms with Crippen LogP contribution in [0.2, 0.25) is 15.1 Å². The first kappa shape index (κ1) is 18.5. The lowest BCUT2D eigenvalue weighted by Gasteiger charge is -2.37. The highest BCUT2D eigenvalue weighted by atomic mass is 35.5. The molecule has 3 rings (SSSR count). The monoisotopic (exact) mass is 397 g/mol. The number of aliphatic carboxylic acids is 1. The number of hydrogen-bond donors (Lipinski definition) is 1. The third-order valence-corrected chi connectivity index (χ3v) is 5.46. The molecule has 0 radical (unpaired) electrons. The molecular weight excluding hydrogens is 381 g/mol. The van der Waals surface area contributed by atoms with Crippen LogP contribution in [0, 0.1) is 5.92 Å². The number of likely N-dealkylation sites (tertiary alicyclic amines) is 1. The number of halogens is 3. The molecule has 1 atom stereocenters. The zero-order chi connectivity index (χ0) is 18.0. The van der Waals surface area contributed by atoms with E-state index in [1.165, 1.54) is 0 Å². The summed E-state index contributed by atoms with van der Waals surface area (Å²) in [5.74, 6) is -1.000. The molecule has 1 unspecified atom stereocenters. The van der Waals surface area contributed by atoms with Crippen molar-refractivity contribution in [2.75, 3.05) is 13.1 Å². The van der Waals surface area contributed by atoms with E-state index in [1.54, 1.807) is 6.07 Å². The maximum atomic E-state index is 11.2. The van der Waals surface area contributed by atoms with Crippen molar-refractivity contribution < 1.29 is 9.90 Å². The molecule has 1 heterocycles. The van der Waals surface area contributed by atoms with Gasteiger partial charge in [-0.25, -0.2) is 0 Å². The molecule has 25 heavy (non-hydrogen) atoms. The van der Waals surface area contributed by atoms with Crippen molar-refractivity contribution >= 4 is 40.8 Å². The summed E-state index contributed by atoms with van der Waals surface area (Å²) in [7, 11) is 0. The molecule has 0 spiro atoms. The van der Waals surface area contributed by atoms with Crippen molar-refractivity contribution in [2.24, 2.45) is 5.92 Å². The Morgan fingerprint density at radius 1 is 1.04 bits per heavy atom. The molecule has 6 heteroatoms. The van der Waals surface area contributed by atoms with Gasteiger partial charge in [-0.05, 0) is 61.3 Å². The number of carboxylic acids is 1. The molecule has 0 amide bonds. The van der Waals surface area contributed by atoms with Crippen LogP contribution in [0.5, 0.6) is 0 Å². The highest BCUT2D eigenvalue weighted by Crippen LogP contribution is 2.37. The molecule has 3 nitrogen and oxygen atoms in total. The van der Waals surface area contributed by atoms with Gasteiger partial charge in [-0.15, -0.1) is 0 Å². The molecule has 132 valence electrons. The Kier molecular flexibility index (Phi) is 5.90. The van der Waals surface area contributed by atoms with Crippen molar-refractivity contribution in [3.05, 3.63) is 68.7 Å². The highest BCUT2D eigenvalue weighted by molar-refractivity contribution is 6.35. The van der Waals surface area contributed by atoms with Crippen molar-refractivity contribution in [2.45, 2.75) is 18.9 Å². The molecule has 0 saturated carbocycles. The molecule has 1 aliphatic heterocycles. The van der Waals surface area contributed by atoms with Crippen LogP contribution >= 0.6 is 34.8 Å². The van der Waals surface area contributed by atoms with E-state index in [0.29, 0.717) is 41.0 Å². The van der Waals surface area contributed by atoms with Gasteiger partial charge < -0.3 is 5.11 Å². The third-order valence-electron chi connectivity index (χ3n) is 4.67. The average molecular weight is 399 g/mol. The molecule has 1 aliphatic rings. The van der Waals surface area contributed by atoms with Crippen LogP contribution < -0.4 is 0 Å². The van der Waals surface area contributed by atoms with Gasteiger partial charge in [0.2, 0.25) is 0 Å². The van der Waals surface area contributed by atoms with E-state index in [0.717, 1.165) is 11.1 Å². The van der Waals surface area contributed by atoms with Crippen LogP contribution in [-0.2, 0) is 4.79 Å². The Hall–Kier alpha value is -1.26. The van der Waals surface area contributed by atoms with E-state index in [1.807, 2.05) is 36.4 Å². The number of piperidine rings is 1. The van der Waals surface area contributed by atoms with Crippen LogP contribution in [0.1, 0.15) is 30.0 Å². The van der Waals surface area contributed by atoms with Crippen molar-refractivity contribution in [1.29, 1.82) is 0 Å². The first-order valence-corrected chi connectivity index (χ1v) is 9.26. The molecule has 2 aromatic rings. The maximum Gasteiger partial charge on any atom is 0.306 e. The predicted molar refractivity (Wildman–Crippen MR) is 102 cm³/mol. The number of carboxylic acid groups (broad SMARTS) is 1. The first-order chi connectivity index (χ1) is 12.0. The molecular formula is C19H18Cl3NO2. The molecule has 2 aromatic carbocycles. The lowest BCUT2D eigenvalue weighted by molar-refractivity contribution is -0.143. The Bertz CT molecular complexity index is 773. The molecule has 1 N–H and O–H groups in total. The zero-order valence-corrected chi connectivity index (χ0v) is 15.7. The quantitative estimate of drug-likeness (QED) is 0.736. The van der Waals surface area contributed by atoms with E-state index in [9.17, 15) is 9.90 Å². The third kappa shape index (κ3) is 4.29. The summed E-state index contributed by atoms with van der Waals surface area (Å²) in [6.07, 6.45) is 1.25. The summed E-state index contributed by atoms with van der Waals surface area (Å²) < 4.78 is 0. The van der Waals surface area contributed by atoms with E-state index in [-0.39, 0.29) is 12.0 Å². The van der Waals surface area contributed by atoms with Gasteiger partial charge in [-0.1, -0.05) is 53.0 Å². The predicted octanol–water partition coefficient (Wildman–Crippen LogP) is 5.53. The Balaban J connectivity index is 1.97. The molecule has 1 fully saturated rings. The van der Waals surface area contributed by atoms with Crippen molar-refractivity contribution in [1.82, 2.24) is 4.90 Å². The van der Waals surface area contributed by atoms with Crippen molar-refractivity contribution in [3.63, 3.8) is 0 Å². The fraction of sp³-hybridized carbons (Fsp3) is 0.316. The largest absolute Gasteiger partial charge is 0.481 e. The fourth-order valence-corrected chi connectivity index (χ4v) is 4.10. The van der Waals surface area contributed by atoms with Gasteiger partial charge in [0.15, 0.2) is 0 Å². The zero-order valence-electron chi connectivity index (χ0n) is 13.5. The van der Waals surface area contributed by atoms with Crippen LogP contribution in [0.15, 0.2) is 42.5 Å². The van der Waals surface area contributed by atoms with Crippen molar-refractivity contribution in [3.8, 4) is 0 Å². The van der Waals surface area contributed by atoms with Crippen LogP contribution in [0.25, 0.3) is 0 Å². The SMILES string of the molecule is O=C(O)C1CCN(C(c2cccc(Cl)c2)c2ccc(Cl)cc2Cl)CC1. The molecule has 0 aliphatic carbocycles. The van der Waals surface area contributed by atoms with E-state index in [4.69, 9.17) is 34.8 Å². The molecule has 1 saturated heterocycles. The number of hydrogen-bond acceptors (Lipinski definition) is 2. The fourth-order valence-electron chi connectivity index (χ4n) is 3.39. The summed E-state index contributed by atoms with van der Waals surface area (Å²) in [5.41, 5.74) is 1.98. The van der Waals surface area contributed by atoms with Gasteiger partial charge >= 0.3 is 5.97 Å². The van der Waals surface area contributed by atoms with E-state index < -0.39 is 5.97 Å². The van der Waals surface area contributed by atoms with Crippen LogP contribution in [0.4, 0.5) is 0 Å². The minimum Gasteiger partial charge on any atom is -0.481 e. The topological polar surface area (TPSA) is 40.5 Å². The van der Waals surface area contributed by atoms with Gasteiger partial charge in [0.25, 0.3) is 0 Å². The van der Waals surface area contributed by atoms with Crippen LogP contribution in [0.3, 0.4) is 0 Å². The second kappa shape index (κ2) is 7.96. The Morgan fingerprint density at radius 2 is 1.72 bits per heavy atom. The standard InChI is InChI=1S/C19H18Cl3NO2/c20-14-3-1-2-13(10-14)18(16-5-4-15(21)11-17(16)22)23-8-6-12(7-9-23)19(24)25/h1-5,10-12,18H,6-9H2,(H,24,25). The number of rotatable bonds is 4. The average Bonchev–Trinajstić information content (AvgIpc) is 2.58. The second-order valence-corrected chi connectivity index (χ2v) is 7.55. The number of benzene rings is 2. The summed E-state index contributed by atoms with van der Waals surface area (Å²) in [4.78, 5) is 13.5. The Morgan fingerprint density at radius 3 is 2.32 bits per heavy atom. The smallest absolute Gasteiger partial charge is 0.306 e. The normalized spacial score (nSPS) is 17.4. The minimum absolute atomic E-state index is 0.0850. The summed E-state index contributed by atoms with van der Waals surface area (Å²) in [5, 5.41) is 11.1. The number of carbonyl (C=O) groups is 1. The van der Waals surface area contributed by atoms with E-state index >= 15 is 0 Å². The summed E-state index contributed by atoms with van der Waals surface area (Å²) in [6, 6.07) is 13.1. The van der Waals surface area contributed by atoms with Gasteiger partial charge in [0.05, 0.1) is 12.0 Å². The van der Waals surface area contributed by atoms with Crippen LogP contribution in [-0.4, -0.2) is 29.1 Å². The molecule has 0 bridgehead atoms. The summed E-state index contributed by atoms with van der Waals surface area (Å²) >= 11 is 18.7. The van der Waals surface area contributed by atoms with Gasteiger partial charge in [-0.2, -0.15) is 0 Å². The lowest BCUT2D eigenvalue weighted by Crippen LogP contribution is -2.39. The van der Waals surface area contributed by atoms with Gasteiger partial charge in [0.1, 0.15) is 0 Å². The Labute approximate surface area is 162 Å². The summed E-state index contributed by atoms with van der Waals surface area (Å²) in [6.45, 7) is 1.38. The second-order valence-electron chi connectivity index (χ2n) is 6.27. The number of nitrogens with zero attached hydrogens (tertiary/aromatic N) is 1. The van der Waals surface area contributed by atoms with Gasteiger partial charge in [-0.3, -0.25) is 9.69 Å². The first-order valence-electron chi connectivity index (χ1n) is 8.13. The maximum absolute atomic E-state index is 11.2. The highest BCUT2D eigenvalue weighted by Gasteiger charge is 2.31. The van der Waals surface area contributed by atoms with E-state index in [2.05, 4.69) is 4.90 Å². The van der Waals surface area contributed by atoms with Gasteiger partial charge in [0, 0.05) is 15.1 Å². The molecule has 0 aromatic heterocycles.